The molecule has 1 aromatic carbocycles. The molecule has 1 aliphatic heterocycles. The van der Waals surface area contributed by atoms with E-state index in [9.17, 15) is 8.42 Å². The average Bonchev–Trinajstić information content (AvgIpc) is 3.12. The molecule has 1 atom stereocenters. The predicted molar refractivity (Wildman–Crippen MR) is 93.6 cm³/mol. The quantitative estimate of drug-likeness (QED) is 0.867. The summed E-state index contributed by atoms with van der Waals surface area (Å²) in [5.74, 6) is 0. The van der Waals surface area contributed by atoms with Crippen LogP contribution in [-0.4, -0.2) is 48.7 Å². The molecular weight excluding hydrogens is 324 g/mol. The topological polar surface area (TPSA) is 67.2 Å². The fourth-order valence-electron chi connectivity index (χ4n) is 3.19. The Morgan fingerprint density at radius 1 is 1.25 bits per heavy atom. The number of rotatable bonds is 6. The minimum absolute atomic E-state index is 0.0660. The molecular formula is C17H24N4O2S. The Hall–Kier alpha value is -1.70. The predicted octanol–water partition coefficient (Wildman–Crippen LogP) is 2.02. The molecule has 2 aromatic rings. The van der Waals surface area contributed by atoms with Crippen molar-refractivity contribution < 1.29 is 8.42 Å². The zero-order chi connectivity index (χ0) is 17.0. The largest absolute Gasteiger partial charge is 0.320 e. The summed E-state index contributed by atoms with van der Waals surface area (Å²) in [6.45, 7) is 1.41. The smallest absolute Gasteiger partial charge is 0.246 e. The Morgan fingerprint density at radius 2 is 2.04 bits per heavy atom. The molecule has 6 nitrogen and oxygen atoms in total. The second-order valence-corrected chi connectivity index (χ2v) is 8.00. The molecule has 1 saturated heterocycles. The third-order valence-electron chi connectivity index (χ3n) is 4.49. The van der Waals surface area contributed by atoms with Gasteiger partial charge < -0.3 is 5.32 Å². The highest BCUT2D eigenvalue weighted by Gasteiger charge is 2.33. The second-order valence-electron chi connectivity index (χ2n) is 6.11. The van der Waals surface area contributed by atoms with E-state index in [0.29, 0.717) is 6.54 Å². The van der Waals surface area contributed by atoms with Gasteiger partial charge in [0, 0.05) is 12.6 Å². The molecule has 1 N–H and O–H groups in total. The number of hydrogen-bond donors (Lipinski definition) is 1. The molecule has 0 aliphatic carbocycles. The van der Waals surface area contributed by atoms with E-state index in [1.807, 2.05) is 37.4 Å². The number of aromatic nitrogens is 2. The van der Waals surface area contributed by atoms with Crippen molar-refractivity contribution >= 4 is 10.0 Å². The summed E-state index contributed by atoms with van der Waals surface area (Å²) in [5.41, 5.74) is 0.851. The number of nitrogens with zero attached hydrogens (tertiary/aromatic N) is 3. The van der Waals surface area contributed by atoms with Gasteiger partial charge in [0.15, 0.2) is 0 Å². The maximum Gasteiger partial charge on any atom is 0.246 e. The standard InChI is InChI=1S/C17H24N4O2S/c1-18-11-10-16-9-5-6-12-21(16)24(22,23)17-13-19-20(14-17)15-7-3-2-4-8-15/h2-4,7-8,13-14,16,18H,5-6,9-12H2,1H3. The Bertz CT molecular complexity index is 758. The van der Waals surface area contributed by atoms with Crippen LogP contribution in [0.1, 0.15) is 25.7 Å². The van der Waals surface area contributed by atoms with Crippen LogP contribution in [0.15, 0.2) is 47.6 Å². The van der Waals surface area contributed by atoms with Crippen molar-refractivity contribution in [2.24, 2.45) is 0 Å². The summed E-state index contributed by atoms with van der Waals surface area (Å²) in [7, 11) is -1.61. The SMILES string of the molecule is CNCCC1CCCCN1S(=O)(=O)c1cnn(-c2ccccc2)c1. The van der Waals surface area contributed by atoms with Crippen molar-refractivity contribution in [3.05, 3.63) is 42.7 Å². The first kappa shape index (κ1) is 17.1. The molecule has 2 heterocycles. The van der Waals surface area contributed by atoms with Gasteiger partial charge in [-0.15, -0.1) is 0 Å². The fourth-order valence-corrected chi connectivity index (χ4v) is 4.84. The van der Waals surface area contributed by atoms with Gasteiger partial charge in [0.2, 0.25) is 10.0 Å². The van der Waals surface area contributed by atoms with E-state index < -0.39 is 10.0 Å². The molecule has 3 rings (SSSR count). The minimum atomic E-state index is -3.51. The lowest BCUT2D eigenvalue weighted by molar-refractivity contribution is 0.240. The number of piperidine rings is 1. The van der Waals surface area contributed by atoms with Crippen molar-refractivity contribution in [1.82, 2.24) is 19.4 Å². The van der Waals surface area contributed by atoms with Crippen molar-refractivity contribution in [3.63, 3.8) is 0 Å². The molecule has 0 amide bonds. The van der Waals surface area contributed by atoms with Gasteiger partial charge in [-0.1, -0.05) is 24.6 Å². The normalized spacial score (nSPS) is 19.5. The molecule has 1 aliphatic rings. The van der Waals surface area contributed by atoms with Gasteiger partial charge in [-0.2, -0.15) is 9.40 Å². The van der Waals surface area contributed by atoms with E-state index in [1.165, 1.54) is 6.20 Å². The minimum Gasteiger partial charge on any atom is -0.320 e. The van der Waals surface area contributed by atoms with Crippen molar-refractivity contribution in [1.29, 1.82) is 0 Å². The first-order valence-electron chi connectivity index (χ1n) is 8.39. The molecule has 1 unspecified atom stereocenters. The van der Waals surface area contributed by atoms with Crippen molar-refractivity contribution in [2.75, 3.05) is 20.1 Å². The molecule has 24 heavy (non-hydrogen) atoms. The van der Waals surface area contributed by atoms with Gasteiger partial charge in [0.1, 0.15) is 4.90 Å². The van der Waals surface area contributed by atoms with Gasteiger partial charge in [0.25, 0.3) is 0 Å². The fraction of sp³-hybridized carbons (Fsp3) is 0.471. The first-order valence-corrected chi connectivity index (χ1v) is 9.83. The van der Waals surface area contributed by atoms with Gasteiger partial charge in [-0.25, -0.2) is 13.1 Å². The molecule has 0 saturated carbocycles. The van der Waals surface area contributed by atoms with E-state index in [-0.39, 0.29) is 10.9 Å². The number of hydrogen-bond acceptors (Lipinski definition) is 4. The van der Waals surface area contributed by atoms with Gasteiger partial charge in [-0.05, 0) is 45.0 Å². The summed E-state index contributed by atoms with van der Waals surface area (Å²) in [6.07, 6.45) is 6.82. The van der Waals surface area contributed by atoms with Crippen LogP contribution in [0.4, 0.5) is 0 Å². The number of sulfonamides is 1. The van der Waals surface area contributed by atoms with Crippen molar-refractivity contribution in [3.8, 4) is 5.69 Å². The third-order valence-corrected chi connectivity index (χ3v) is 6.39. The van der Waals surface area contributed by atoms with Crippen LogP contribution in [-0.2, 0) is 10.0 Å². The molecule has 0 spiro atoms. The Labute approximate surface area is 143 Å². The lowest BCUT2D eigenvalue weighted by Gasteiger charge is -2.34. The van der Waals surface area contributed by atoms with Crippen LogP contribution in [0, 0.1) is 0 Å². The summed E-state index contributed by atoms with van der Waals surface area (Å²) in [5, 5.41) is 7.35. The molecule has 7 heteroatoms. The summed E-state index contributed by atoms with van der Waals surface area (Å²) < 4.78 is 29.4. The highest BCUT2D eigenvalue weighted by Crippen LogP contribution is 2.27. The summed E-state index contributed by atoms with van der Waals surface area (Å²) in [4.78, 5) is 0.266. The number of para-hydroxylation sites is 1. The Balaban J connectivity index is 1.85. The number of nitrogens with one attached hydrogen (secondary N) is 1. The second kappa shape index (κ2) is 7.46. The van der Waals surface area contributed by atoms with Crippen LogP contribution < -0.4 is 5.32 Å². The van der Waals surface area contributed by atoms with Crippen LogP contribution in [0.2, 0.25) is 0 Å². The van der Waals surface area contributed by atoms with E-state index in [1.54, 1.807) is 15.2 Å². The van der Waals surface area contributed by atoms with Crippen LogP contribution >= 0.6 is 0 Å². The van der Waals surface area contributed by atoms with Gasteiger partial charge >= 0.3 is 0 Å². The first-order chi connectivity index (χ1) is 11.6. The van der Waals surface area contributed by atoms with E-state index in [2.05, 4.69) is 10.4 Å². The lowest BCUT2D eigenvalue weighted by atomic mass is 10.0. The maximum absolute atomic E-state index is 13.1. The van der Waals surface area contributed by atoms with Crippen LogP contribution in [0.25, 0.3) is 5.69 Å². The van der Waals surface area contributed by atoms with Gasteiger partial charge in [-0.3, -0.25) is 0 Å². The highest BCUT2D eigenvalue weighted by molar-refractivity contribution is 7.89. The molecule has 0 bridgehead atoms. The van der Waals surface area contributed by atoms with Crippen LogP contribution in [0.3, 0.4) is 0 Å². The Morgan fingerprint density at radius 3 is 2.79 bits per heavy atom. The number of benzene rings is 1. The van der Waals surface area contributed by atoms with E-state index in [0.717, 1.165) is 37.9 Å². The lowest BCUT2D eigenvalue weighted by Crippen LogP contribution is -2.44. The monoisotopic (exact) mass is 348 g/mol. The van der Waals surface area contributed by atoms with E-state index in [4.69, 9.17) is 0 Å². The third kappa shape index (κ3) is 3.53. The zero-order valence-corrected chi connectivity index (χ0v) is 14.7. The maximum atomic E-state index is 13.1. The Kier molecular flexibility index (Phi) is 5.33. The van der Waals surface area contributed by atoms with Gasteiger partial charge in [0.05, 0.1) is 18.1 Å². The zero-order valence-electron chi connectivity index (χ0n) is 13.9. The van der Waals surface area contributed by atoms with Crippen molar-refractivity contribution in [2.45, 2.75) is 36.6 Å². The molecule has 1 fully saturated rings. The van der Waals surface area contributed by atoms with Crippen LogP contribution in [0.5, 0.6) is 0 Å². The summed E-state index contributed by atoms with van der Waals surface area (Å²) in [6, 6.07) is 9.61. The van der Waals surface area contributed by atoms with E-state index >= 15 is 0 Å². The summed E-state index contributed by atoms with van der Waals surface area (Å²) >= 11 is 0. The average molecular weight is 348 g/mol. The molecule has 0 radical (unpaired) electrons. The highest BCUT2D eigenvalue weighted by atomic mass is 32.2. The molecule has 1 aromatic heterocycles. The molecule has 130 valence electrons.